The molecule has 1 aliphatic rings. The van der Waals surface area contributed by atoms with E-state index in [1.165, 1.54) is 4.31 Å². The van der Waals surface area contributed by atoms with E-state index < -0.39 is 10.0 Å². The van der Waals surface area contributed by atoms with Gasteiger partial charge >= 0.3 is 0 Å². The number of nitrogens with one attached hydrogen (secondary N) is 2. The summed E-state index contributed by atoms with van der Waals surface area (Å²) in [6, 6.07) is 6.25. The van der Waals surface area contributed by atoms with E-state index in [2.05, 4.69) is 19.2 Å². The molecule has 8 heteroatoms. The van der Waals surface area contributed by atoms with Gasteiger partial charge in [-0.25, -0.2) is 8.42 Å². The maximum absolute atomic E-state index is 12.8. The Morgan fingerprint density at radius 1 is 1.19 bits per heavy atom. The first kappa shape index (κ1) is 20.7. The number of sulfonamides is 1. The summed E-state index contributed by atoms with van der Waals surface area (Å²) < 4.78 is 32.1. The van der Waals surface area contributed by atoms with Gasteiger partial charge < -0.3 is 15.0 Å². The third kappa shape index (κ3) is 4.96. The summed E-state index contributed by atoms with van der Waals surface area (Å²) >= 11 is 0. The zero-order chi connectivity index (χ0) is 19.3. The normalized spacial score (nSPS) is 17.9. The molecule has 0 saturated carbocycles. The van der Waals surface area contributed by atoms with Crippen molar-refractivity contribution in [1.29, 1.82) is 0 Å². The van der Waals surface area contributed by atoms with Crippen LogP contribution in [-0.4, -0.2) is 64.5 Å². The number of benzene rings is 1. The lowest BCUT2D eigenvalue weighted by Crippen LogP contribution is -3.19. The summed E-state index contributed by atoms with van der Waals surface area (Å²) in [5.41, 5.74) is 0. The quantitative estimate of drug-likeness (QED) is 0.679. The molecule has 1 aromatic carbocycles. The molecule has 2 rings (SSSR count). The molecule has 1 aromatic rings. The van der Waals surface area contributed by atoms with E-state index in [4.69, 9.17) is 4.74 Å². The van der Waals surface area contributed by atoms with E-state index >= 15 is 0 Å². The lowest BCUT2D eigenvalue weighted by Gasteiger charge is -2.34. The van der Waals surface area contributed by atoms with Gasteiger partial charge in [0, 0.05) is 6.54 Å². The van der Waals surface area contributed by atoms with E-state index in [0.29, 0.717) is 44.4 Å². The summed E-state index contributed by atoms with van der Waals surface area (Å²) in [5, 5.41) is 2.95. The van der Waals surface area contributed by atoms with Gasteiger partial charge in [0.15, 0.2) is 6.04 Å². The SMILES string of the molecule is COc1ccc(S(=O)(=O)N2CC[NH+]([C@H](C)C(=O)NCC(C)C)CC2)cc1. The Bertz CT molecular complexity index is 696. The van der Waals surface area contributed by atoms with Gasteiger partial charge in [0.2, 0.25) is 10.0 Å². The summed E-state index contributed by atoms with van der Waals surface area (Å²) in [4.78, 5) is 13.6. The number of ether oxygens (including phenoxy) is 1. The van der Waals surface area contributed by atoms with Crippen LogP contribution >= 0.6 is 0 Å². The fraction of sp³-hybridized carbons (Fsp3) is 0.611. The van der Waals surface area contributed by atoms with Crippen LogP contribution in [0.1, 0.15) is 20.8 Å². The summed E-state index contributed by atoms with van der Waals surface area (Å²) in [7, 11) is -1.97. The minimum Gasteiger partial charge on any atom is -0.497 e. The first-order valence-electron chi connectivity index (χ1n) is 9.02. The third-order valence-electron chi connectivity index (χ3n) is 4.75. The van der Waals surface area contributed by atoms with Crippen LogP contribution in [0.3, 0.4) is 0 Å². The molecule has 1 heterocycles. The number of methoxy groups -OCH3 is 1. The highest BCUT2D eigenvalue weighted by Crippen LogP contribution is 2.19. The Morgan fingerprint density at radius 3 is 2.27 bits per heavy atom. The lowest BCUT2D eigenvalue weighted by molar-refractivity contribution is -0.917. The standard InChI is InChI=1S/C18H29N3O4S/c1-14(2)13-19-18(22)15(3)20-9-11-21(12-10-20)26(23,24)17-7-5-16(25-4)6-8-17/h5-8,14-15H,9-13H2,1-4H3,(H,19,22)/p+1/t15-/m1/s1. The molecule has 2 N–H and O–H groups in total. The Labute approximate surface area is 156 Å². The van der Waals surface area contributed by atoms with Crippen molar-refractivity contribution in [2.45, 2.75) is 31.7 Å². The lowest BCUT2D eigenvalue weighted by atomic mass is 10.2. The van der Waals surface area contributed by atoms with Gasteiger partial charge in [0.1, 0.15) is 5.75 Å². The molecular weight excluding hydrogens is 354 g/mol. The van der Waals surface area contributed by atoms with Crippen LogP contribution in [0.4, 0.5) is 0 Å². The second-order valence-corrected chi connectivity index (χ2v) is 9.04. The van der Waals surface area contributed by atoms with E-state index in [-0.39, 0.29) is 16.8 Å². The molecule has 1 aliphatic heterocycles. The topological polar surface area (TPSA) is 80.2 Å². The van der Waals surface area contributed by atoms with E-state index in [1.807, 2.05) is 6.92 Å². The van der Waals surface area contributed by atoms with Gasteiger partial charge in [-0.05, 0) is 37.1 Å². The van der Waals surface area contributed by atoms with Crippen molar-refractivity contribution in [1.82, 2.24) is 9.62 Å². The molecule has 1 fully saturated rings. The van der Waals surface area contributed by atoms with Crippen LogP contribution in [-0.2, 0) is 14.8 Å². The number of carbonyl (C=O) groups is 1. The molecule has 1 saturated heterocycles. The number of hydrogen-bond acceptors (Lipinski definition) is 4. The van der Waals surface area contributed by atoms with Crippen LogP contribution in [0, 0.1) is 5.92 Å². The minimum atomic E-state index is -3.51. The molecule has 0 unspecified atom stereocenters. The van der Waals surface area contributed by atoms with Crippen LogP contribution in [0.25, 0.3) is 0 Å². The van der Waals surface area contributed by atoms with Gasteiger partial charge in [-0.2, -0.15) is 4.31 Å². The molecule has 0 aromatic heterocycles. The van der Waals surface area contributed by atoms with Gasteiger partial charge in [-0.1, -0.05) is 13.8 Å². The molecule has 26 heavy (non-hydrogen) atoms. The van der Waals surface area contributed by atoms with Gasteiger partial charge in [0.05, 0.1) is 38.2 Å². The molecule has 7 nitrogen and oxygen atoms in total. The third-order valence-corrected chi connectivity index (χ3v) is 6.66. The number of nitrogens with zero attached hydrogens (tertiary/aromatic N) is 1. The summed E-state index contributed by atoms with van der Waals surface area (Å²) in [5.74, 6) is 1.06. The molecule has 146 valence electrons. The summed E-state index contributed by atoms with van der Waals surface area (Å²) in [6.07, 6.45) is 0. The molecule has 1 atom stereocenters. The first-order valence-corrected chi connectivity index (χ1v) is 10.5. The summed E-state index contributed by atoms with van der Waals surface area (Å²) in [6.45, 7) is 8.72. The number of piperazine rings is 1. The van der Waals surface area contributed by atoms with Gasteiger partial charge in [-0.3, -0.25) is 4.79 Å². The number of quaternary nitrogens is 1. The second-order valence-electron chi connectivity index (χ2n) is 7.10. The predicted molar refractivity (Wildman–Crippen MR) is 99.8 cm³/mol. The average molecular weight is 385 g/mol. The van der Waals surface area contributed by atoms with Crippen LogP contribution in [0.15, 0.2) is 29.2 Å². The number of hydrogen-bond donors (Lipinski definition) is 2. The van der Waals surface area contributed by atoms with Crippen molar-refractivity contribution >= 4 is 15.9 Å². The van der Waals surface area contributed by atoms with Crippen molar-refractivity contribution in [3.63, 3.8) is 0 Å². The largest absolute Gasteiger partial charge is 0.497 e. The van der Waals surface area contributed by atoms with Gasteiger partial charge in [-0.15, -0.1) is 0 Å². The first-order chi connectivity index (χ1) is 12.3. The smallest absolute Gasteiger partial charge is 0.278 e. The van der Waals surface area contributed by atoms with Crippen LogP contribution in [0.5, 0.6) is 5.75 Å². The molecule has 0 aliphatic carbocycles. The second kappa shape index (κ2) is 8.83. The Balaban J connectivity index is 1.95. The van der Waals surface area contributed by atoms with Crippen LogP contribution in [0.2, 0.25) is 0 Å². The molecule has 0 bridgehead atoms. The average Bonchev–Trinajstić information content (AvgIpc) is 2.65. The molecule has 0 spiro atoms. The highest BCUT2D eigenvalue weighted by Gasteiger charge is 2.34. The maximum Gasteiger partial charge on any atom is 0.278 e. The van der Waals surface area contributed by atoms with E-state index in [0.717, 1.165) is 4.90 Å². The van der Waals surface area contributed by atoms with Gasteiger partial charge in [0.25, 0.3) is 5.91 Å². The van der Waals surface area contributed by atoms with Crippen LogP contribution < -0.4 is 15.0 Å². The van der Waals surface area contributed by atoms with Crippen molar-refractivity contribution in [3.05, 3.63) is 24.3 Å². The number of rotatable bonds is 7. The Morgan fingerprint density at radius 2 is 1.77 bits per heavy atom. The molecule has 1 amide bonds. The molecular formula is C18H30N3O4S+. The Kier molecular flexibility index (Phi) is 7.02. The monoisotopic (exact) mass is 384 g/mol. The zero-order valence-corrected chi connectivity index (χ0v) is 16.8. The fourth-order valence-corrected chi connectivity index (χ4v) is 4.43. The Hall–Kier alpha value is -1.64. The van der Waals surface area contributed by atoms with E-state index in [9.17, 15) is 13.2 Å². The minimum absolute atomic E-state index is 0.0279. The van der Waals surface area contributed by atoms with Crippen molar-refractivity contribution in [2.24, 2.45) is 5.92 Å². The maximum atomic E-state index is 12.8. The van der Waals surface area contributed by atoms with E-state index in [1.54, 1.807) is 31.4 Å². The number of carbonyl (C=O) groups excluding carboxylic acids is 1. The zero-order valence-electron chi connectivity index (χ0n) is 16.0. The fourth-order valence-electron chi connectivity index (χ4n) is 2.99. The van der Waals surface area contributed by atoms with Crippen molar-refractivity contribution in [2.75, 3.05) is 39.8 Å². The highest BCUT2D eigenvalue weighted by atomic mass is 32.2. The van der Waals surface area contributed by atoms with Crippen molar-refractivity contribution in [3.8, 4) is 5.75 Å². The predicted octanol–water partition coefficient (Wildman–Crippen LogP) is -0.255. The number of amides is 1. The molecule has 0 radical (unpaired) electrons. The van der Waals surface area contributed by atoms with Crippen molar-refractivity contribution < 1.29 is 22.8 Å². The highest BCUT2D eigenvalue weighted by molar-refractivity contribution is 7.89.